The van der Waals surface area contributed by atoms with Crippen LogP contribution in [0.1, 0.15) is 13.3 Å². The molecule has 0 radical (unpaired) electrons. The van der Waals surface area contributed by atoms with Crippen molar-refractivity contribution < 1.29 is 19.4 Å². The molecule has 0 aliphatic carbocycles. The molecule has 1 atom stereocenters. The van der Waals surface area contributed by atoms with Crippen molar-refractivity contribution in [2.75, 3.05) is 19.0 Å². The second-order valence-electron chi connectivity index (χ2n) is 4.14. The monoisotopic (exact) mass is 266 g/mol. The van der Waals surface area contributed by atoms with Crippen LogP contribution < -0.4 is 15.4 Å². The number of nitrogens with one attached hydrogen (secondary N) is 2. The Morgan fingerprint density at radius 2 is 1.95 bits per heavy atom. The molecule has 2 amide bonds. The van der Waals surface area contributed by atoms with E-state index in [9.17, 15) is 9.59 Å². The number of ether oxygens (including phenoxy) is 1. The van der Waals surface area contributed by atoms with Crippen molar-refractivity contribution in [1.82, 2.24) is 5.32 Å². The lowest BCUT2D eigenvalue weighted by Gasteiger charge is -2.09. The zero-order chi connectivity index (χ0) is 14.3. The van der Waals surface area contributed by atoms with Gasteiger partial charge in [0.25, 0.3) is 0 Å². The van der Waals surface area contributed by atoms with Gasteiger partial charge in [-0.25, -0.2) is 4.79 Å². The lowest BCUT2D eigenvalue weighted by atomic mass is 10.1. The van der Waals surface area contributed by atoms with Gasteiger partial charge in [0.05, 0.1) is 13.0 Å². The largest absolute Gasteiger partial charge is 0.497 e. The van der Waals surface area contributed by atoms with Gasteiger partial charge in [0.2, 0.25) is 0 Å². The van der Waals surface area contributed by atoms with E-state index in [1.54, 1.807) is 38.3 Å². The van der Waals surface area contributed by atoms with Crippen molar-refractivity contribution >= 4 is 17.7 Å². The smallest absolute Gasteiger partial charge is 0.319 e. The average Bonchev–Trinajstić information content (AvgIpc) is 2.39. The lowest BCUT2D eigenvalue weighted by Crippen LogP contribution is -2.31. The van der Waals surface area contributed by atoms with E-state index in [1.165, 1.54) is 0 Å². The molecule has 0 saturated carbocycles. The molecule has 19 heavy (non-hydrogen) atoms. The average molecular weight is 266 g/mol. The number of carboxylic acid groups (broad SMARTS) is 1. The minimum atomic E-state index is -0.864. The highest BCUT2D eigenvalue weighted by atomic mass is 16.5. The lowest BCUT2D eigenvalue weighted by molar-refractivity contribution is -0.141. The van der Waals surface area contributed by atoms with E-state index in [2.05, 4.69) is 10.6 Å². The molecule has 0 spiro atoms. The Hall–Kier alpha value is -2.24. The number of benzene rings is 1. The van der Waals surface area contributed by atoms with E-state index in [0.717, 1.165) is 0 Å². The van der Waals surface area contributed by atoms with Crippen molar-refractivity contribution in [2.45, 2.75) is 13.3 Å². The first-order chi connectivity index (χ1) is 9.02. The zero-order valence-corrected chi connectivity index (χ0v) is 11.0. The van der Waals surface area contributed by atoms with Crippen LogP contribution in [-0.2, 0) is 4.79 Å². The zero-order valence-electron chi connectivity index (χ0n) is 11.0. The Balaban J connectivity index is 2.32. The fourth-order valence-corrected chi connectivity index (χ4v) is 1.38. The van der Waals surface area contributed by atoms with Crippen molar-refractivity contribution in [1.29, 1.82) is 0 Å². The topological polar surface area (TPSA) is 87.7 Å². The Morgan fingerprint density at radius 3 is 2.47 bits per heavy atom. The van der Waals surface area contributed by atoms with Gasteiger partial charge in [-0.3, -0.25) is 4.79 Å². The summed E-state index contributed by atoms with van der Waals surface area (Å²) >= 11 is 0. The molecule has 0 bridgehead atoms. The molecule has 6 heteroatoms. The number of carbonyl (C=O) groups is 2. The number of urea groups is 1. The quantitative estimate of drug-likeness (QED) is 0.734. The van der Waals surface area contributed by atoms with Crippen molar-refractivity contribution in [3.8, 4) is 5.75 Å². The van der Waals surface area contributed by atoms with Crippen LogP contribution >= 0.6 is 0 Å². The van der Waals surface area contributed by atoms with E-state index in [4.69, 9.17) is 9.84 Å². The van der Waals surface area contributed by atoms with E-state index in [1.807, 2.05) is 0 Å². The Morgan fingerprint density at radius 1 is 1.32 bits per heavy atom. The molecule has 6 nitrogen and oxygen atoms in total. The number of hydrogen-bond donors (Lipinski definition) is 3. The molecular formula is C13H18N2O4. The second-order valence-corrected chi connectivity index (χ2v) is 4.14. The summed E-state index contributed by atoms with van der Waals surface area (Å²) in [6.07, 6.45) is 0.394. The molecule has 0 fully saturated rings. The summed E-state index contributed by atoms with van der Waals surface area (Å²) in [5, 5.41) is 13.9. The highest BCUT2D eigenvalue weighted by molar-refractivity contribution is 5.89. The number of methoxy groups -OCH3 is 1. The summed E-state index contributed by atoms with van der Waals surface area (Å²) in [5.74, 6) is -0.625. The summed E-state index contributed by atoms with van der Waals surface area (Å²) < 4.78 is 5.00. The van der Waals surface area contributed by atoms with E-state index >= 15 is 0 Å². The van der Waals surface area contributed by atoms with Gasteiger partial charge in [0, 0.05) is 12.2 Å². The van der Waals surface area contributed by atoms with Gasteiger partial charge in [0.15, 0.2) is 0 Å². The molecule has 1 aromatic carbocycles. The van der Waals surface area contributed by atoms with Crippen LogP contribution in [0.25, 0.3) is 0 Å². The number of carboxylic acids is 1. The molecular weight excluding hydrogens is 248 g/mol. The maximum atomic E-state index is 11.5. The van der Waals surface area contributed by atoms with Crippen molar-refractivity contribution in [3.63, 3.8) is 0 Å². The minimum absolute atomic E-state index is 0.315. The SMILES string of the molecule is COc1ccc(NC(=O)NCCC(C)C(=O)O)cc1. The summed E-state index contributed by atoms with van der Waals surface area (Å²) in [7, 11) is 1.57. The first kappa shape index (κ1) is 14.8. The number of aliphatic carboxylic acids is 1. The molecule has 1 rings (SSSR count). The molecule has 0 heterocycles. The summed E-state index contributed by atoms with van der Waals surface area (Å²) in [4.78, 5) is 22.1. The summed E-state index contributed by atoms with van der Waals surface area (Å²) in [6, 6.07) is 6.56. The second kappa shape index (κ2) is 7.25. The third kappa shape index (κ3) is 5.29. The number of anilines is 1. The van der Waals surface area contributed by atoms with Crippen LogP contribution in [0.5, 0.6) is 5.75 Å². The molecule has 3 N–H and O–H groups in total. The molecule has 1 unspecified atom stereocenters. The van der Waals surface area contributed by atoms with Crippen LogP contribution in [0.15, 0.2) is 24.3 Å². The van der Waals surface area contributed by atoms with Gasteiger partial charge in [-0.05, 0) is 30.7 Å². The molecule has 104 valence electrons. The minimum Gasteiger partial charge on any atom is -0.497 e. The maximum absolute atomic E-state index is 11.5. The Kier molecular flexibility index (Phi) is 5.66. The van der Waals surface area contributed by atoms with Gasteiger partial charge < -0.3 is 20.5 Å². The molecule has 0 aromatic heterocycles. The van der Waals surface area contributed by atoms with E-state index in [0.29, 0.717) is 24.4 Å². The Labute approximate surface area is 111 Å². The summed E-state index contributed by atoms with van der Waals surface area (Å²) in [5.41, 5.74) is 0.643. The Bertz CT molecular complexity index is 431. The van der Waals surface area contributed by atoms with Crippen molar-refractivity contribution in [2.24, 2.45) is 5.92 Å². The highest BCUT2D eigenvalue weighted by Crippen LogP contribution is 2.14. The maximum Gasteiger partial charge on any atom is 0.319 e. The van der Waals surface area contributed by atoms with Gasteiger partial charge in [-0.15, -0.1) is 0 Å². The third-order valence-corrected chi connectivity index (χ3v) is 2.63. The molecule has 1 aromatic rings. The van der Waals surface area contributed by atoms with Crippen molar-refractivity contribution in [3.05, 3.63) is 24.3 Å². The molecule has 0 aliphatic rings. The van der Waals surface area contributed by atoms with Crippen LogP contribution in [0.3, 0.4) is 0 Å². The third-order valence-electron chi connectivity index (χ3n) is 2.63. The van der Waals surface area contributed by atoms with E-state index < -0.39 is 11.9 Å². The fraction of sp³-hybridized carbons (Fsp3) is 0.385. The van der Waals surface area contributed by atoms with Crippen LogP contribution in [0.4, 0.5) is 10.5 Å². The summed E-state index contributed by atoms with van der Waals surface area (Å²) in [6.45, 7) is 1.92. The molecule has 0 saturated heterocycles. The number of hydrogen-bond acceptors (Lipinski definition) is 3. The highest BCUT2D eigenvalue weighted by Gasteiger charge is 2.10. The van der Waals surface area contributed by atoms with Crippen LogP contribution in [-0.4, -0.2) is 30.8 Å². The van der Waals surface area contributed by atoms with Gasteiger partial charge in [-0.1, -0.05) is 6.92 Å². The van der Waals surface area contributed by atoms with Crippen LogP contribution in [0, 0.1) is 5.92 Å². The molecule has 0 aliphatic heterocycles. The normalized spacial score (nSPS) is 11.5. The first-order valence-corrected chi connectivity index (χ1v) is 5.94. The first-order valence-electron chi connectivity index (χ1n) is 5.94. The number of amides is 2. The van der Waals surface area contributed by atoms with Gasteiger partial charge >= 0.3 is 12.0 Å². The standard InChI is InChI=1S/C13H18N2O4/c1-9(12(16)17)7-8-14-13(18)15-10-3-5-11(19-2)6-4-10/h3-6,9H,7-8H2,1-2H3,(H,16,17)(H2,14,15,18). The van der Waals surface area contributed by atoms with Crippen LogP contribution in [0.2, 0.25) is 0 Å². The van der Waals surface area contributed by atoms with Gasteiger partial charge in [0.1, 0.15) is 5.75 Å². The number of rotatable bonds is 6. The van der Waals surface area contributed by atoms with Gasteiger partial charge in [-0.2, -0.15) is 0 Å². The predicted octanol–water partition coefficient (Wildman–Crippen LogP) is 1.93. The van der Waals surface area contributed by atoms with E-state index in [-0.39, 0.29) is 6.03 Å². The number of carbonyl (C=O) groups excluding carboxylic acids is 1. The fourth-order valence-electron chi connectivity index (χ4n) is 1.38. The predicted molar refractivity (Wildman–Crippen MR) is 71.4 cm³/mol.